The van der Waals surface area contributed by atoms with Gasteiger partial charge in [0.2, 0.25) is 11.8 Å². The van der Waals surface area contributed by atoms with Gasteiger partial charge in [0.25, 0.3) is 0 Å². The third-order valence-electron chi connectivity index (χ3n) is 5.72. The average molecular weight is 434 g/mol. The Kier molecular flexibility index (Phi) is 6.18. The fraction of sp³-hybridized carbons (Fsp3) is 0.476. The zero-order valence-corrected chi connectivity index (χ0v) is 17.7. The highest BCUT2D eigenvalue weighted by Crippen LogP contribution is 2.35. The molecule has 0 unspecified atom stereocenters. The number of rotatable bonds is 6. The van der Waals surface area contributed by atoms with Crippen molar-refractivity contribution in [1.82, 2.24) is 10.3 Å². The van der Waals surface area contributed by atoms with E-state index in [1.807, 2.05) is 29.6 Å². The fourth-order valence-electron chi connectivity index (χ4n) is 3.98. The van der Waals surface area contributed by atoms with Gasteiger partial charge in [-0.15, -0.1) is 11.3 Å². The van der Waals surface area contributed by atoms with Gasteiger partial charge in [-0.25, -0.2) is 4.98 Å². The van der Waals surface area contributed by atoms with Crippen LogP contribution in [0.4, 0.5) is 5.13 Å². The Balaban J connectivity index is 1.39. The lowest BCUT2D eigenvalue weighted by Gasteiger charge is -2.38. The quantitative estimate of drug-likeness (QED) is 0.758. The van der Waals surface area contributed by atoms with E-state index in [0.29, 0.717) is 48.6 Å². The van der Waals surface area contributed by atoms with E-state index in [1.54, 1.807) is 4.90 Å². The van der Waals surface area contributed by atoms with E-state index in [9.17, 15) is 9.59 Å². The van der Waals surface area contributed by atoms with Gasteiger partial charge >= 0.3 is 0 Å². The number of benzene rings is 1. The van der Waals surface area contributed by atoms with Crippen molar-refractivity contribution in [3.8, 4) is 0 Å². The normalized spacial score (nSPS) is 18.8. The van der Waals surface area contributed by atoms with E-state index in [4.69, 9.17) is 16.3 Å². The molecular weight excluding hydrogens is 410 g/mol. The molecule has 1 N–H and O–H groups in total. The minimum atomic E-state index is -0.145. The number of nitrogens with zero attached hydrogens (tertiary/aromatic N) is 2. The monoisotopic (exact) mass is 433 g/mol. The first-order chi connectivity index (χ1) is 14.1. The van der Waals surface area contributed by atoms with Gasteiger partial charge in [-0.1, -0.05) is 23.7 Å². The van der Waals surface area contributed by atoms with Crippen LogP contribution in [-0.4, -0.2) is 43.1 Å². The smallest absolute Gasteiger partial charge is 0.228 e. The number of aromatic nitrogens is 1. The van der Waals surface area contributed by atoms with Crippen LogP contribution >= 0.6 is 22.9 Å². The average Bonchev–Trinajstić information content (AvgIpc) is 3.36. The first kappa shape index (κ1) is 20.3. The lowest BCUT2D eigenvalue weighted by molar-refractivity contribution is -0.121. The number of thiazole rings is 1. The summed E-state index contributed by atoms with van der Waals surface area (Å²) in [6.07, 6.45) is 3.36. The predicted octanol–water partition coefficient (Wildman–Crippen LogP) is 3.33. The lowest BCUT2D eigenvalue weighted by Crippen LogP contribution is -2.45. The number of anilines is 1. The van der Waals surface area contributed by atoms with Crippen molar-refractivity contribution < 1.29 is 14.3 Å². The van der Waals surface area contributed by atoms with Crippen molar-refractivity contribution in [3.05, 3.63) is 45.9 Å². The number of carbonyl (C=O) groups is 2. The van der Waals surface area contributed by atoms with Gasteiger partial charge in [-0.2, -0.15) is 0 Å². The van der Waals surface area contributed by atoms with E-state index >= 15 is 0 Å². The number of carbonyl (C=O) groups excluding carboxylic acids is 2. The molecule has 0 radical (unpaired) electrons. The van der Waals surface area contributed by atoms with E-state index in [2.05, 4.69) is 10.3 Å². The van der Waals surface area contributed by atoms with E-state index in [0.717, 1.165) is 19.3 Å². The first-order valence-electron chi connectivity index (χ1n) is 9.91. The standard InChI is InChI=1S/C21H24ClN3O3S/c22-16-5-3-15(4-6-16)21(7-10-28-11-8-21)14-23-18(26)12-17-13-29-20(24-17)25-9-1-2-19(25)27/h3-6,13H,1-2,7-12,14H2,(H,23,26). The number of hydrogen-bond acceptors (Lipinski definition) is 5. The third-order valence-corrected chi connectivity index (χ3v) is 6.88. The molecule has 0 saturated carbocycles. The van der Waals surface area contributed by atoms with Crippen LogP contribution in [0.5, 0.6) is 0 Å². The molecule has 154 valence electrons. The molecule has 2 fully saturated rings. The van der Waals surface area contributed by atoms with Crippen LogP contribution in [0.1, 0.15) is 36.9 Å². The first-order valence-corrected chi connectivity index (χ1v) is 11.2. The summed E-state index contributed by atoms with van der Waals surface area (Å²) >= 11 is 7.47. The highest BCUT2D eigenvalue weighted by atomic mass is 35.5. The molecule has 0 bridgehead atoms. The summed E-state index contributed by atoms with van der Waals surface area (Å²) in [7, 11) is 0. The van der Waals surface area contributed by atoms with Crippen molar-refractivity contribution in [2.75, 3.05) is 31.2 Å². The zero-order chi connectivity index (χ0) is 20.3. The van der Waals surface area contributed by atoms with E-state index in [-0.39, 0.29) is 23.7 Å². The van der Waals surface area contributed by atoms with Crippen LogP contribution in [-0.2, 0) is 26.2 Å². The van der Waals surface area contributed by atoms with Gasteiger partial charge in [-0.05, 0) is 37.0 Å². The molecule has 0 spiro atoms. The minimum Gasteiger partial charge on any atom is -0.381 e. The number of hydrogen-bond donors (Lipinski definition) is 1. The number of amides is 2. The Bertz CT molecular complexity index is 878. The van der Waals surface area contributed by atoms with Crippen LogP contribution in [0.3, 0.4) is 0 Å². The molecule has 1 aromatic carbocycles. The topological polar surface area (TPSA) is 71.5 Å². The van der Waals surface area contributed by atoms with Crippen molar-refractivity contribution in [2.45, 2.75) is 37.5 Å². The molecule has 2 saturated heterocycles. The SMILES string of the molecule is O=C(Cc1csc(N2CCCC2=O)n1)NCC1(c2ccc(Cl)cc2)CCOCC1. The van der Waals surface area contributed by atoms with Crippen molar-refractivity contribution in [1.29, 1.82) is 0 Å². The molecule has 2 aliphatic rings. The molecule has 0 aliphatic carbocycles. The molecule has 8 heteroatoms. The molecular formula is C21H24ClN3O3S. The molecule has 2 amide bonds. The van der Waals surface area contributed by atoms with Gasteiger partial charge < -0.3 is 10.1 Å². The van der Waals surface area contributed by atoms with Crippen LogP contribution in [0.2, 0.25) is 5.02 Å². The largest absolute Gasteiger partial charge is 0.381 e. The van der Waals surface area contributed by atoms with Gasteiger partial charge in [0.15, 0.2) is 5.13 Å². The Morgan fingerprint density at radius 2 is 2.03 bits per heavy atom. The van der Waals surface area contributed by atoms with Crippen LogP contribution in [0, 0.1) is 0 Å². The van der Waals surface area contributed by atoms with Gasteiger partial charge in [-0.3, -0.25) is 14.5 Å². The number of halogens is 1. The predicted molar refractivity (Wildman–Crippen MR) is 114 cm³/mol. The summed E-state index contributed by atoms with van der Waals surface area (Å²) in [5.74, 6) is 0.0502. The van der Waals surface area contributed by atoms with Gasteiger partial charge in [0.05, 0.1) is 12.1 Å². The van der Waals surface area contributed by atoms with Crippen molar-refractivity contribution >= 4 is 39.9 Å². The lowest BCUT2D eigenvalue weighted by atomic mass is 9.74. The summed E-state index contributed by atoms with van der Waals surface area (Å²) in [6.45, 7) is 2.62. The van der Waals surface area contributed by atoms with Crippen molar-refractivity contribution in [2.24, 2.45) is 0 Å². The zero-order valence-electron chi connectivity index (χ0n) is 16.2. The Hall–Kier alpha value is -1.96. The minimum absolute atomic E-state index is 0.0607. The molecule has 29 heavy (non-hydrogen) atoms. The number of ether oxygens (including phenoxy) is 1. The van der Waals surface area contributed by atoms with Crippen molar-refractivity contribution in [3.63, 3.8) is 0 Å². The Morgan fingerprint density at radius 1 is 1.28 bits per heavy atom. The molecule has 4 rings (SSSR count). The maximum atomic E-state index is 12.6. The molecule has 3 heterocycles. The maximum Gasteiger partial charge on any atom is 0.228 e. The Labute approximate surface area is 179 Å². The van der Waals surface area contributed by atoms with Gasteiger partial charge in [0, 0.05) is 48.5 Å². The van der Waals surface area contributed by atoms with Crippen LogP contribution < -0.4 is 10.2 Å². The van der Waals surface area contributed by atoms with Gasteiger partial charge in [0.1, 0.15) is 0 Å². The summed E-state index contributed by atoms with van der Waals surface area (Å²) in [5, 5.41) is 6.36. The van der Waals surface area contributed by atoms with Crippen LogP contribution in [0.25, 0.3) is 0 Å². The number of nitrogens with one attached hydrogen (secondary N) is 1. The third kappa shape index (κ3) is 4.63. The second kappa shape index (κ2) is 8.81. The Morgan fingerprint density at radius 3 is 2.72 bits per heavy atom. The second-order valence-corrected chi connectivity index (χ2v) is 8.90. The molecule has 1 aromatic heterocycles. The fourth-order valence-corrected chi connectivity index (χ4v) is 4.97. The molecule has 0 atom stereocenters. The summed E-state index contributed by atoms with van der Waals surface area (Å²) in [5.41, 5.74) is 1.73. The highest BCUT2D eigenvalue weighted by molar-refractivity contribution is 7.14. The van der Waals surface area contributed by atoms with Crippen LogP contribution in [0.15, 0.2) is 29.6 Å². The summed E-state index contributed by atoms with van der Waals surface area (Å²) < 4.78 is 5.55. The van der Waals surface area contributed by atoms with E-state index in [1.165, 1.54) is 16.9 Å². The summed E-state index contributed by atoms with van der Waals surface area (Å²) in [4.78, 5) is 30.7. The molecule has 2 aromatic rings. The van der Waals surface area contributed by atoms with E-state index < -0.39 is 0 Å². The summed E-state index contributed by atoms with van der Waals surface area (Å²) in [6, 6.07) is 7.87. The molecule has 2 aliphatic heterocycles. The molecule has 6 nitrogen and oxygen atoms in total. The second-order valence-electron chi connectivity index (χ2n) is 7.62. The maximum absolute atomic E-state index is 12.6. The highest BCUT2D eigenvalue weighted by Gasteiger charge is 2.35.